The molecule has 1 heterocycles. The van der Waals surface area contributed by atoms with Gasteiger partial charge in [0.1, 0.15) is 0 Å². The van der Waals surface area contributed by atoms with Gasteiger partial charge in [0.15, 0.2) is 0 Å². The molecule has 0 saturated heterocycles. The molecule has 0 amide bonds. The van der Waals surface area contributed by atoms with Gasteiger partial charge in [-0.05, 0) is 125 Å². The monoisotopic (exact) mass is 932 g/mol. The fraction of sp³-hybridized carbons (Fsp3) is 0.236. The van der Waals surface area contributed by atoms with Gasteiger partial charge < -0.3 is 10.6 Å². The number of hydrogen-bond acceptors (Lipinski definition) is 3. The summed E-state index contributed by atoms with van der Waals surface area (Å²) in [5, 5.41) is 2.66. The van der Waals surface area contributed by atoms with Gasteiger partial charge in [-0.1, -0.05) is 176 Å². The molecular formula is C55H54Br2N2S. The summed E-state index contributed by atoms with van der Waals surface area (Å²) in [5.41, 5.74) is 19.1. The predicted octanol–water partition coefficient (Wildman–Crippen LogP) is 18.2. The van der Waals surface area contributed by atoms with Crippen LogP contribution in [0, 0.1) is 0 Å². The molecular weight excluding hydrogens is 880 g/mol. The number of nitrogen functional groups attached to an aromatic ring is 1. The summed E-state index contributed by atoms with van der Waals surface area (Å²) in [7, 11) is 0. The van der Waals surface area contributed by atoms with Crippen molar-refractivity contribution in [3.8, 4) is 22.3 Å². The Hall–Kier alpha value is -4.68. The Morgan fingerprint density at radius 2 is 1.03 bits per heavy atom. The van der Waals surface area contributed by atoms with Crippen molar-refractivity contribution >= 4 is 86.1 Å². The highest BCUT2D eigenvalue weighted by Crippen LogP contribution is 2.54. The molecule has 1 aliphatic rings. The van der Waals surface area contributed by atoms with Crippen LogP contribution >= 0.6 is 43.2 Å². The van der Waals surface area contributed by atoms with Crippen molar-refractivity contribution in [2.45, 2.75) is 83.5 Å². The Labute approximate surface area is 377 Å². The van der Waals surface area contributed by atoms with Gasteiger partial charge in [-0.25, -0.2) is 0 Å². The Bertz CT molecular complexity index is 2610. The van der Waals surface area contributed by atoms with Crippen molar-refractivity contribution < 1.29 is 0 Å². The lowest BCUT2D eigenvalue weighted by Crippen LogP contribution is -2.25. The number of halogens is 2. The van der Waals surface area contributed by atoms with E-state index in [1.807, 2.05) is 11.3 Å². The van der Waals surface area contributed by atoms with E-state index in [0.717, 1.165) is 31.7 Å². The quantitative estimate of drug-likeness (QED) is 0.0870. The van der Waals surface area contributed by atoms with E-state index in [1.54, 1.807) is 5.56 Å². The van der Waals surface area contributed by atoms with Crippen molar-refractivity contribution in [2.24, 2.45) is 0 Å². The fourth-order valence-electron chi connectivity index (χ4n) is 9.24. The maximum atomic E-state index is 6.24. The number of rotatable bonds is 14. The van der Waals surface area contributed by atoms with E-state index in [0.29, 0.717) is 0 Å². The van der Waals surface area contributed by atoms with E-state index in [-0.39, 0.29) is 5.41 Å². The van der Waals surface area contributed by atoms with Gasteiger partial charge in [-0.15, -0.1) is 11.3 Å². The number of unbranched alkanes of at least 4 members (excludes halogenated alkanes) is 6. The molecule has 0 radical (unpaired) electrons. The minimum Gasteiger partial charge on any atom is -0.399 e. The summed E-state index contributed by atoms with van der Waals surface area (Å²) in [5.74, 6) is 0. The third kappa shape index (κ3) is 8.86. The Morgan fingerprint density at radius 3 is 1.67 bits per heavy atom. The minimum atomic E-state index is 0.169. The molecule has 0 saturated carbocycles. The lowest BCUT2D eigenvalue weighted by Gasteiger charge is -2.33. The molecule has 0 bridgehead atoms. The van der Waals surface area contributed by atoms with Gasteiger partial charge >= 0.3 is 0 Å². The van der Waals surface area contributed by atoms with Gasteiger partial charge in [0, 0.05) is 57.3 Å². The number of fused-ring (bicyclic) bond motifs is 6. The van der Waals surface area contributed by atoms with E-state index in [9.17, 15) is 0 Å². The largest absolute Gasteiger partial charge is 0.399 e. The molecule has 60 heavy (non-hydrogen) atoms. The smallest absolute Gasteiger partial charge is 0.0462 e. The Morgan fingerprint density at radius 1 is 0.500 bits per heavy atom. The molecule has 1 aliphatic carbocycles. The van der Waals surface area contributed by atoms with Crippen LogP contribution in [0.1, 0.15) is 89.2 Å². The average Bonchev–Trinajstić information content (AvgIpc) is 3.79. The number of thiophene rings is 1. The van der Waals surface area contributed by atoms with Crippen molar-refractivity contribution in [3.05, 3.63) is 178 Å². The molecule has 0 atom stereocenters. The van der Waals surface area contributed by atoms with Crippen LogP contribution in [-0.2, 0) is 5.41 Å². The molecule has 0 fully saturated rings. The minimum absolute atomic E-state index is 0.169. The van der Waals surface area contributed by atoms with Crippen LogP contribution in [0.15, 0.2) is 167 Å². The third-order valence-electron chi connectivity index (χ3n) is 12.2. The zero-order valence-corrected chi connectivity index (χ0v) is 38.8. The first-order chi connectivity index (χ1) is 29.4. The molecule has 2 N–H and O–H groups in total. The summed E-state index contributed by atoms with van der Waals surface area (Å²) in [6, 6.07) is 56.8. The molecule has 0 aliphatic heterocycles. The van der Waals surface area contributed by atoms with E-state index < -0.39 is 0 Å². The lowest BCUT2D eigenvalue weighted by atomic mass is 9.70. The molecule has 0 spiro atoms. The van der Waals surface area contributed by atoms with Gasteiger partial charge in [-0.2, -0.15) is 0 Å². The molecule has 7 aromatic carbocycles. The average molecular weight is 935 g/mol. The van der Waals surface area contributed by atoms with E-state index in [1.165, 1.54) is 112 Å². The van der Waals surface area contributed by atoms with Crippen molar-refractivity contribution in [3.63, 3.8) is 0 Å². The van der Waals surface area contributed by atoms with Crippen molar-refractivity contribution in [1.82, 2.24) is 0 Å². The molecule has 304 valence electrons. The predicted molar refractivity (Wildman–Crippen MR) is 269 cm³/mol. The summed E-state index contributed by atoms with van der Waals surface area (Å²) in [6.07, 6.45) is 13.1. The SMILES string of the molecule is Brc1ccc(N(c2ccc(Br)cc2)c2ccc(-c3cccc4c3sc3ccccc34)cc2)cc1.CCCCCCC1(CCCCCC)c2ccccc2-c2ccc(N)cc21. The number of anilines is 4. The van der Waals surface area contributed by atoms with Crippen LogP contribution in [0.4, 0.5) is 22.7 Å². The lowest BCUT2D eigenvalue weighted by molar-refractivity contribution is 0.401. The molecule has 9 rings (SSSR count). The number of nitrogens with zero attached hydrogens (tertiary/aromatic N) is 1. The topological polar surface area (TPSA) is 29.3 Å². The summed E-state index contributed by atoms with van der Waals surface area (Å²) < 4.78 is 4.81. The Kier molecular flexibility index (Phi) is 13.6. The van der Waals surface area contributed by atoms with E-state index in [4.69, 9.17) is 5.73 Å². The van der Waals surface area contributed by atoms with E-state index in [2.05, 4.69) is 208 Å². The molecule has 8 aromatic rings. The fourth-order valence-corrected chi connectivity index (χ4v) is 11.0. The highest BCUT2D eigenvalue weighted by molar-refractivity contribution is 9.10. The zero-order chi connectivity index (χ0) is 41.5. The van der Waals surface area contributed by atoms with Gasteiger partial charge in [0.05, 0.1) is 0 Å². The second-order valence-electron chi connectivity index (χ2n) is 16.2. The number of benzene rings is 7. The molecule has 5 heteroatoms. The number of hydrogen-bond donors (Lipinski definition) is 1. The first-order valence-corrected chi connectivity index (χ1v) is 24.1. The van der Waals surface area contributed by atoms with Crippen molar-refractivity contribution in [2.75, 3.05) is 10.6 Å². The van der Waals surface area contributed by atoms with Gasteiger partial charge in [0.2, 0.25) is 0 Å². The number of nitrogens with two attached hydrogens (primary N) is 1. The molecule has 0 unspecified atom stereocenters. The third-order valence-corrected chi connectivity index (χ3v) is 14.5. The summed E-state index contributed by atoms with van der Waals surface area (Å²) in [6.45, 7) is 4.59. The molecule has 2 nitrogen and oxygen atoms in total. The first-order valence-electron chi connectivity index (χ1n) is 21.7. The maximum absolute atomic E-state index is 6.24. The highest BCUT2D eigenvalue weighted by atomic mass is 79.9. The summed E-state index contributed by atoms with van der Waals surface area (Å²) >= 11 is 8.99. The zero-order valence-electron chi connectivity index (χ0n) is 34.8. The van der Waals surface area contributed by atoms with Crippen LogP contribution in [0.3, 0.4) is 0 Å². The molecule has 1 aromatic heterocycles. The summed E-state index contributed by atoms with van der Waals surface area (Å²) in [4.78, 5) is 2.28. The van der Waals surface area contributed by atoms with Crippen LogP contribution in [0.5, 0.6) is 0 Å². The second-order valence-corrected chi connectivity index (χ2v) is 19.1. The highest BCUT2D eigenvalue weighted by Gasteiger charge is 2.42. The van der Waals surface area contributed by atoms with Crippen molar-refractivity contribution in [1.29, 1.82) is 0 Å². The van der Waals surface area contributed by atoms with Crippen LogP contribution in [-0.4, -0.2) is 0 Å². The second kappa shape index (κ2) is 19.4. The van der Waals surface area contributed by atoms with Gasteiger partial charge in [0.25, 0.3) is 0 Å². The van der Waals surface area contributed by atoms with Crippen LogP contribution < -0.4 is 10.6 Å². The van der Waals surface area contributed by atoms with Crippen LogP contribution in [0.2, 0.25) is 0 Å². The first kappa shape index (κ1) is 42.0. The van der Waals surface area contributed by atoms with E-state index >= 15 is 0 Å². The van der Waals surface area contributed by atoms with Gasteiger partial charge in [-0.3, -0.25) is 0 Å². The normalized spacial score (nSPS) is 12.5. The van der Waals surface area contributed by atoms with Crippen LogP contribution in [0.25, 0.3) is 42.4 Å². The Balaban J connectivity index is 0.000000173. The maximum Gasteiger partial charge on any atom is 0.0462 e. The standard InChI is InChI=1S/C30H19Br2NS.C25H35N/c31-21-10-16-24(17-11-21)33(25-18-12-22(32)13-19-25)23-14-8-20(9-15-23)26-5-3-6-28-27-4-1-2-7-29(27)34-30(26)28;1-3-5-7-11-17-25(18-12-8-6-4-2)23-14-10-9-13-21(23)22-16-15-20(26)19-24(22)25/h1-19H;9-10,13-16,19H,3-8,11-12,17-18,26H2,1-2H3.